The van der Waals surface area contributed by atoms with Crippen molar-refractivity contribution in [3.63, 3.8) is 0 Å². The molecule has 1 aliphatic carbocycles. The number of phenolic OH excluding ortho intramolecular Hbond substituents is 2. The van der Waals surface area contributed by atoms with Crippen LogP contribution in [0.3, 0.4) is 0 Å². The van der Waals surface area contributed by atoms with Gasteiger partial charge < -0.3 is 25.4 Å². The summed E-state index contributed by atoms with van der Waals surface area (Å²) in [7, 11) is 0. The van der Waals surface area contributed by atoms with Crippen LogP contribution in [-0.2, 0) is 19.3 Å². The number of aromatic amines is 1. The van der Waals surface area contributed by atoms with E-state index in [9.17, 15) is 15.0 Å². The second-order valence-corrected chi connectivity index (χ2v) is 10.4. The normalized spacial score (nSPS) is 15.8. The van der Waals surface area contributed by atoms with Crippen molar-refractivity contribution < 1.29 is 10.2 Å². The van der Waals surface area contributed by atoms with Crippen LogP contribution in [-0.4, -0.2) is 52.3 Å². The van der Waals surface area contributed by atoms with Gasteiger partial charge in [0.25, 0.3) is 0 Å². The van der Waals surface area contributed by atoms with Gasteiger partial charge in [0, 0.05) is 11.6 Å². The molecule has 0 aliphatic heterocycles. The molecule has 0 spiro atoms. The molecule has 1 aliphatic rings. The highest BCUT2D eigenvalue weighted by atomic mass is 32.1. The van der Waals surface area contributed by atoms with Crippen LogP contribution < -0.4 is 10.2 Å². The molecule has 6 nitrogen and oxygen atoms in total. The number of hydrogen-bond donors (Lipinski definition) is 4. The van der Waals surface area contributed by atoms with E-state index in [1.54, 1.807) is 6.07 Å². The molecule has 2 aromatic carbocycles. The number of fused-ring (bicyclic) bond motifs is 2. The fourth-order valence-electron chi connectivity index (χ4n) is 5.12. The van der Waals surface area contributed by atoms with E-state index in [0.29, 0.717) is 6.04 Å². The Hall–Kier alpha value is -2.35. The molecular formula is C27H37N3O3S. The van der Waals surface area contributed by atoms with Crippen LogP contribution in [0.25, 0.3) is 10.2 Å². The van der Waals surface area contributed by atoms with E-state index >= 15 is 0 Å². The highest BCUT2D eigenvalue weighted by Crippen LogP contribution is 2.36. The van der Waals surface area contributed by atoms with Crippen molar-refractivity contribution in [2.75, 3.05) is 26.2 Å². The standard InChI is InChI=1S/C27H37N3O3S/c1-2-15-30(21-8-9-22-20(18-21)7-11-24(31)26(22)32)16-5-3-4-13-28-14-12-19-6-10-23-25(17-19)34-27(33)29-23/h6-7,10-11,17,21,28,31-32H,2-5,8-9,12-16,18H2,1H3,(H,29,33). The van der Waals surface area contributed by atoms with Crippen LogP contribution in [0.15, 0.2) is 35.1 Å². The van der Waals surface area contributed by atoms with Gasteiger partial charge in [-0.25, -0.2) is 0 Å². The quantitative estimate of drug-likeness (QED) is 0.224. The molecule has 3 aromatic rings. The Morgan fingerprint density at radius 3 is 2.85 bits per heavy atom. The number of H-pyrrole nitrogens is 1. The summed E-state index contributed by atoms with van der Waals surface area (Å²) in [6.07, 6.45) is 8.55. The van der Waals surface area contributed by atoms with E-state index < -0.39 is 0 Å². The topological polar surface area (TPSA) is 88.6 Å². The molecule has 0 bridgehead atoms. The zero-order valence-electron chi connectivity index (χ0n) is 20.1. The Kier molecular flexibility index (Phi) is 8.64. The first kappa shape index (κ1) is 24.8. The van der Waals surface area contributed by atoms with Gasteiger partial charge in [-0.05, 0) is 100 Å². The van der Waals surface area contributed by atoms with Crippen LogP contribution >= 0.6 is 11.3 Å². The van der Waals surface area contributed by atoms with Crippen LogP contribution in [0, 0.1) is 0 Å². The average Bonchev–Trinajstić information content (AvgIpc) is 3.21. The highest BCUT2D eigenvalue weighted by molar-refractivity contribution is 7.16. The number of hydrogen-bond acceptors (Lipinski definition) is 6. The summed E-state index contributed by atoms with van der Waals surface area (Å²) in [6, 6.07) is 10.3. The van der Waals surface area contributed by atoms with Gasteiger partial charge in [0.15, 0.2) is 11.5 Å². The minimum atomic E-state index is -0.00343. The molecule has 4 N–H and O–H groups in total. The van der Waals surface area contributed by atoms with E-state index in [4.69, 9.17) is 0 Å². The van der Waals surface area contributed by atoms with E-state index in [0.717, 1.165) is 74.1 Å². The van der Waals surface area contributed by atoms with Crippen molar-refractivity contribution in [3.8, 4) is 11.5 Å². The summed E-state index contributed by atoms with van der Waals surface area (Å²) >= 11 is 1.28. The number of rotatable bonds is 12. The van der Waals surface area contributed by atoms with Crippen molar-refractivity contribution in [2.45, 2.75) is 64.3 Å². The fourth-order valence-corrected chi connectivity index (χ4v) is 5.92. The predicted molar refractivity (Wildman–Crippen MR) is 140 cm³/mol. The van der Waals surface area contributed by atoms with Crippen molar-refractivity contribution in [3.05, 3.63) is 56.7 Å². The highest BCUT2D eigenvalue weighted by Gasteiger charge is 2.26. The van der Waals surface area contributed by atoms with E-state index in [1.165, 1.54) is 41.7 Å². The monoisotopic (exact) mass is 483 g/mol. The first-order valence-electron chi connectivity index (χ1n) is 12.6. The third-order valence-corrected chi connectivity index (χ3v) is 7.79. The van der Waals surface area contributed by atoms with Crippen molar-refractivity contribution in [1.82, 2.24) is 15.2 Å². The SMILES string of the molecule is CCCN(CCCCCNCCc1ccc2[nH]c(=O)sc2c1)C1CCc2c(ccc(O)c2O)C1. The minimum Gasteiger partial charge on any atom is -0.504 e. The van der Waals surface area contributed by atoms with Crippen molar-refractivity contribution in [1.29, 1.82) is 0 Å². The van der Waals surface area contributed by atoms with Crippen molar-refractivity contribution >= 4 is 21.6 Å². The van der Waals surface area contributed by atoms with Gasteiger partial charge >= 0.3 is 4.87 Å². The second kappa shape index (κ2) is 11.9. The number of unbranched alkanes of at least 4 members (excludes halogenated alkanes) is 2. The maximum atomic E-state index is 11.5. The van der Waals surface area contributed by atoms with E-state index in [2.05, 4.69) is 34.3 Å². The lowest BCUT2D eigenvalue weighted by molar-refractivity contribution is 0.175. The lowest BCUT2D eigenvalue weighted by Gasteiger charge is -2.35. The first-order valence-corrected chi connectivity index (χ1v) is 13.5. The Balaban J connectivity index is 1.14. The molecule has 184 valence electrons. The predicted octanol–water partition coefficient (Wildman–Crippen LogP) is 4.57. The molecule has 7 heteroatoms. The first-order chi connectivity index (χ1) is 16.5. The third kappa shape index (κ3) is 6.20. The Morgan fingerprint density at radius 1 is 1.12 bits per heavy atom. The maximum Gasteiger partial charge on any atom is 0.305 e. The van der Waals surface area contributed by atoms with E-state index in [1.807, 2.05) is 12.1 Å². The maximum absolute atomic E-state index is 11.5. The third-order valence-electron chi connectivity index (χ3n) is 6.94. The minimum absolute atomic E-state index is 0.00343. The molecule has 1 atom stereocenters. The number of aromatic nitrogens is 1. The Bertz CT molecular complexity index is 1140. The molecule has 0 saturated carbocycles. The van der Waals surface area contributed by atoms with Gasteiger partial charge in [-0.1, -0.05) is 36.8 Å². The number of thiazole rings is 1. The fraction of sp³-hybridized carbons (Fsp3) is 0.519. The number of phenols is 2. The van der Waals surface area contributed by atoms with Crippen LogP contribution in [0.2, 0.25) is 0 Å². The zero-order chi connectivity index (χ0) is 23.9. The van der Waals surface area contributed by atoms with Crippen molar-refractivity contribution in [2.24, 2.45) is 0 Å². The van der Waals surface area contributed by atoms with E-state index in [-0.39, 0.29) is 16.4 Å². The lowest BCUT2D eigenvalue weighted by atomic mass is 9.86. The molecule has 1 aromatic heterocycles. The van der Waals surface area contributed by atoms with Crippen LogP contribution in [0.4, 0.5) is 0 Å². The van der Waals surface area contributed by atoms with Gasteiger partial charge in [-0.2, -0.15) is 0 Å². The summed E-state index contributed by atoms with van der Waals surface area (Å²) in [4.78, 5) is 16.9. The molecule has 0 radical (unpaired) electrons. The molecule has 1 unspecified atom stereocenters. The van der Waals surface area contributed by atoms with Crippen LogP contribution in [0.1, 0.15) is 55.7 Å². The summed E-state index contributed by atoms with van der Waals surface area (Å²) in [6.45, 7) is 6.47. The lowest BCUT2D eigenvalue weighted by Crippen LogP contribution is -2.40. The smallest absolute Gasteiger partial charge is 0.305 e. The summed E-state index contributed by atoms with van der Waals surface area (Å²) in [5.74, 6) is 0.0731. The van der Waals surface area contributed by atoms with Gasteiger partial charge in [0.2, 0.25) is 0 Å². The summed E-state index contributed by atoms with van der Waals surface area (Å²) in [5, 5.41) is 23.5. The summed E-state index contributed by atoms with van der Waals surface area (Å²) in [5.41, 5.74) is 4.31. The molecule has 0 saturated heterocycles. The van der Waals surface area contributed by atoms with Gasteiger partial charge in [0.05, 0.1) is 10.2 Å². The summed E-state index contributed by atoms with van der Waals surface area (Å²) < 4.78 is 1.04. The zero-order valence-corrected chi connectivity index (χ0v) is 20.9. The van der Waals surface area contributed by atoms with Crippen LogP contribution in [0.5, 0.6) is 11.5 Å². The van der Waals surface area contributed by atoms with Gasteiger partial charge in [-0.15, -0.1) is 0 Å². The number of benzene rings is 2. The second-order valence-electron chi connectivity index (χ2n) is 9.41. The molecule has 1 heterocycles. The molecule has 4 rings (SSSR count). The largest absolute Gasteiger partial charge is 0.504 e. The number of nitrogens with one attached hydrogen (secondary N) is 2. The molecular weight excluding hydrogens is 446 g/mol. The van der Waals surface area contributed by atoms with Gasteiger partial charge in [0.1, 0.15) is 0 Å². The van der Waals surface area contributed by atoms with Gasteiger partial charge in [-0.3, -0.25) is 4.79 Å². The molecule has 0 fully saturated rings. The molecule has 0 amide bonds. The number of nitrogens with zero attached hydrogens (tertiary/aromatic N) is 1. The number of aromatic hydroxyl groups is 2. The molecule has 34 heavy (non-hydrogen) atoms. The Morgan fingerprint density at radius 2 is 2.00 bits per heavy atom. The average molecular weight is 484 g/mol. The Labute approximate surface area is 205 Å².